The molecule has 2 N–H and O–H groups in total. The van der Waals surface area contributed by atoms with Gasteiger partial charge < -0.3 is 14.8 Å². The van der Waals surface area contributed by atoms with Crippen molar-refractivity contribution in [1.82, 2.24) is 10.7 Å². The summed E-state index contributed by atoms with van der Waals surface area (Å²) in [6, 6.07) is 10.5. The molecule has 0 aliphatic heterocycles. The number of methoxy groups -OCH3 is 2. The van der Waals surface area contributed by atoms with Crippen molar-refractivity contribution >= 4 is 34.0 Å². The number of nitrogens with zero attached hydrogens (tertiary/aromatic N) is 1. The summed E-state index contributed by atoms with van der Waals surface area (Å²) < 4.78 is 11.2. The number of amides is 2. The molecule has 2 aromatic carbocycles. The largest absolute Gasteiger partial charge is 0.496 e. The van der Waals surface area contributed by atoms with Gasteiger partial charge in [-0.15, -0.1) is 0 Å². The predicted octanol–water partition coefficient (Wildman–Crippen LogP) is 2.65. The van der Waals surface area contributed by atoms with Gasteiger partial charge in [0, 0.05) is 17.2 Å². The van der Waals surface area contributed by atoms with E-state index in [0.717, 1.165) is 10.0 Å². The highest BCUT2D eigenvalue weighted by molar-refractivity contribution is 9.10. The Kier molecular flexibility index (Phi) is 7.36. The van der Waals surface area contributed by atoms with Gasteiger partial charge in [-0.25, -0.2) is 5.43 Å². The number of nitrogens with one attached hydrogen (secondary N) is 2. The molecule has 2 rings (SSSR count). The Balaban J connectivity index is 1.90. The summed E-state index contributed by atoms with van der Waals surface area (Å²) in [5, 5.41) is 6.43. The quantitative estimate of drug-likeness (QED) is 0.518. The summed E-state index contributed by atoms with van der Waals surface area (Å²) in [6.07, 6.45) is 1.45. The van der Waals surface area contributed by atoms with Crippen LogP contribution in [-0.4, -0.2) is 38.8 Å². The van der Waals surface area contributed by atoms with Crippen LogP contribution in [-0.2, 0) is 4.79 Å². The van der Waals surface area contributed by atoms with E-state index in [2.05, 4.69) is 31.8 Å². The Morgan fingerprint density at radius 1 is 1.11 bits per heavy atom. The van der Waals surface area contributed by atoms with Gasteiger partial charge in [0.05, 0.1) is 31.5 Å². The van der Waals surface area contributed by atoms with Crippen molar-refractivity contribution < 1.29 is 19.1 Å². The average molecular weight is 434 g/mol. The van der Waals surface area contributed by atoms with Gasteiger partial charge in [0.25, 0.3) is 11.8 Å². The molecule has 7 nitrogen and oxygen atoms in total. The summed E-state index contributed by atoms with van der Waals surface area (Å²) in [7, 11) is 3.08. The van der Waals surface area contributed by atoms with Gasteiger partial charge in [0.2, 0.25) is 0 Å². The molecule has 0 radical (unpaired) electrons. The molecular formula is C19H20BrN3O4. The zero-order chi connectivity index (χ0) is 19.8. The van der Waals surface area contributed by atoms with E-state index in [4.69, 9.17) is 9.47 Å². The maximum Gasteiger partial charge on any atom is 0.259 e. The second-order valence-electron chi connectivity index (χ2n) is 5.57. The first-order chi connectivity index (χ1) is 12.9. The highest BCUT2D eigenvalue weighted by Crippen LogP contribution is 2.31. The van der Waals surface area contributed by atoms with Gasteiger partial charge in [-0.05, 0) is 41.1 Å². The van der Waals surface area contributed by atoms with Crippen molar-refractivity contribution in [3.63, 3.8) is 0 Å². The van der Waals surface area contributed by atoms with Crippen molar-refractivity contribution in [2.75, 3.05) is 20.8 Å². The first kappa shape index (κ1) is 20.4. The van der Waals surface area contributed by atoms with Crippen molar-refractivity contribution in [2.24, 2.45) is 5.10 Å². The Hall–Kier alpha value is -2.87. The van der Waals surface area contributed by atoms with Crippen molar-refractivity contribution in [3.8, 4) is 11.5 Å². The number of hydrogen-bond donors (Lipinski definition) is 2. The van der Waals surface area contributed by atoms with E-state index in [-0.39, 0.29) is 12.5 Å². The molecule has 0 aliphatic rings. The molecule has 0 unspecified atom stereocenters. The summed E-state index contributed by atoms with van der Waals surface area (Å²) >= 11 is 3.38. The van der Waals surface area contributed by atoms with Gasteiger partial charge in [-0.2, -0.15) is 5.10 Å². The SMILES string of the molecule is COc1cc(OC)c(/C=N\NC(=O)CNC(=O)c2ccc(C)cc2)cc1Br. The molecule has 0 fully saturated rings. The Morgan fingerprint density at radius 3 is 2.41 bits per heavy atom. The van der Waals surface area contributed by atoms with Crippen LogP contribution < -0.4 is 20.2 Å². The number of rotatable bonds is 7. The van der Waals surface area contributed by atoms with E-state index >= 15 is 0 Å². The van der Waals surface area contributed by atoms with Crippen LogP contribution in [0.3, 0.4) is 0 Å². The molecule has 0 heterocycles. The van der Waals surface area contributed by atoms with E-state index in [1.165, 1.54) is 13.3 Å². The molecule has 27 heavy (non-hydrogen) atoms. The number of hydrazone groups is 1. The zero-order valence-electron chi connectivity index (χ0n) is 15.2. The maximum atomic E-state index is 12.0. The Labute approximate surface area is 165 Å². The monoisotopic (exact) mass is 433 g/mol. The lowest BCUT2D eigenvalue weighted by molar-refractivity contribution is -0.120. The smallest absolute Gasteiger partial charge is 0.259 e. The molecule has 0 saturated heterocycles. The summed E-state index contributed by atoms with van der Waals surface area (Å²) in [6.45, 7) is 1.75. The van der Waals surface area contributed by atoms with Crippen LogP contribution in [0.2, 0.25) is 0 Å². The van der Waals surface area contributed by atoms with Gasteiger partial charge in [-0.3, -0.25) is 9.59 Å². The fraction of sp³-hybridized carbons (Fsp3) is 0.211. The number of ether oxygens (including phenoxy) is 2. The van der Waals surface area contributed by atoms with E-state index in [1.54, 1.807) is 31.4 Å². The van der Waals surface area contributed by atoms with Crippen LogP contribution in [0.15, 0.2) is 46.0 Å². The number of benzene rings is 2. The summed E-state index contributed by atoms with van der Waals surface area (Å²) in [5.74, 6) is 0.390. The first-order valence-corrected chi connectivity index (χ1v) is 8.82. The average Bonchev–Trinajstić information content (AvgIpc) is 2.67. The molecule has 8 heteroatoms. The minimum Gasteiger partial charge on any atom is -0.496 e. The predicted molar refractivity (Wildman–Crippen MR) is 106 cm³/mol. The highest BCUT2D eigenvalue weighted by Gasteiger charge is 2.09. The lowest BCUT2D eigenvalue weighted by Gasteiger charge is -2.09. The van der Waals surface area contributed by atoms with Crippen LogP contribution in [0, 0.1) is 6.92 Å². The van der Waals surface area contributed by atoms with Crippen LogP contribution in [0.4, 0.5) is 0 Å². The third-order valence-electron chi connectivity index (χ3n) is 3.62. The van der Waals surface area contributed by atoms with Crippen molar-refractivity contribution in [2.45, 2.75) is 6.92 Å². The van der Waals surface area contributed by atoms with Gasteiger partial charge in [-0.1, -0.05) is 17.7 Å². The number of hydrogen-bond acceptors (Lipinski definition) is 5. The Bertz CT molecular complexity index is 851. The second-order valence-corrected chi connectivity index (χ2v) is 6.42. The number of carbonyl (C=O) groups excluding carboxylic acids is 2. The van der Waals surface area contributed by atoms with Crippen LogP contribution in [0.5, 0.6) is 11.5 Å². The highest BCUT2D eigenvalue weighted by atomic mass is 79.9. The molecule has 0 atom stereocenters. The molecule has 2 aromatic rings. The number of halogens is 1. The summed E-state index contributed by atoms with van der Waals surface area (Å²) in [4.78, 5) is 23.8. The van der Waals surface area contributed by atoms with Crippen LogP contribution in [0.25, 0.3) is 0 Å². The summed E-state index contributed by atoms with van der Waals surface area (Å²) in [5.41, 5.74) is 4.55. The lowest BCUT2D eigenvalue weighted by atomic mass is 10.1. The van der Waals surface area contributed by atoms with E-state index in [9.17, 15) is 9.59 Å². The molecule has 0 bridgehead atoms. The fourth-order valence-electron chi connectivity index (χ4n) is 2.17. The number of carbonyl (C=O) groups is 2. The minimum atomic E-state index is -0.446. The second kappa shape index (κ2) is 9.72. The van der Waals surface area contributed by atoms with Crippen molar-refractivity contribution in [1.29, 1.82) is 0 Å². The molecule has 0 aromatic heterocycles. The van der Waals surface area contributed by atoms with Gasteiger partial charge in [0.1, 0.15) is 11.5 Å². The lowest BCUT2D eigenvalue weighted by Crippen LogP contribution is -2.34. The molecule has 2 amide bonds. The van der Waals surface area contributed by atoms with Crippen molar-refractivity contribution in [3.05, 3.63) is 57.6 Å². The van der Waals surface area contributed by atoms with Crippen LogP contribution >= 0.6 is 15.9 Å². The third kappa shape index (κ3) is 5.82. The third-order valence-corrected chi connectivity index (χ3v) is 4.24. The molecule has 0 saturated carbocycles. The topological polar surface area (TPSA) is 89.0 Å². The van der Waals surface area contributed by atoms with Gasteiger partial charge >= 0.3 is 0 Å². The van der Waals surface area contributed by atoms with Crippen LogP contribution in [0.1, 0.15) is 21.5 Å². The first-order valence-electron chi connectivity index (χ1n) is 8.03. The van der Waals surface area contributed by atoms with Gasteiger partial charge in [0.15, 0.2) is 0 Å². The Morgan fingerprint density at radius 2 is 1.78 bits per heavy atom. The molecule has 0 spiro atoms. The molecular weight excluding hydrogens is 414 g/mol. The minimum absolute atomic E-state index is 0.187. The number of aryl methyl sites for hydroxylation is 1. The van der Waals surface area contributed by atoms with E-state index < -0.39 is 5.91 Å². The van der Waals surface area contributed by atoms with E-state index in [0.29, 0.717) is 22.6 Å². The maximum absolute atomic E-state index is 12.0. The fourth-order valence-corrected chi connectivity index (χ4v) is 2.69. The molecule has 142 valence electrons. The normalized spacial score (nSPS) is 10.5. The van der Waals surface area contributed by atoms with E-state index in [1.807, 2.05) is 19.1 Å². The zero-order valence-corrected chi connectivity index (χ0v) is 16.8. The standard InChI is InChI=1S/C19H20BrN3O4/c1-12-4-6-13(7-5-12)19(25)21-11-18(24)23-22-10-14-8-15(20)17(27-3)9-16(14)26-2/h4-10H,11H2,1-3H3,(H,21,25)(H,23,24)/b22-10-. The molecule has 0 aliphatic carbocycles.